The first-order valence-corrected chi connectivity index (χ1v) is 13.1. The number of para-hydroxylation sites is 1. The lowest BCUT2D eigenvalue weighted by Crippen LogP contribution is -2.38. The molecule has 0 fully saturated rings. The van der Waals surface area contributed by atoms with Gasteiger partial charge in [-0.2, -0.15) is 0 Å². The van der Waals surface area contributed by atoms with Crippen LogP contribution in [0.3, 0.4) is 0 Å². The number of halogens is 1. The van der Waals surface area contributed by atoms with Gasteiger partial charge in [-0.05, 0) is 47.9 Å². The van der Waals surface area contributed by atoms with Gasteiger partial charge in [-0.15, -0.1) is 0 Å². The summed E-state index contributed by atoms with van der Waals surface area (Å²) in [7, 11) is 0. The molecule has 8 nitrogen and oxygen atoms in total. The van der Waals surface area contributed by atoms with Crippen LogP contribution in [-0.2, 0) is 24.4 Å². The smallest absolute Gasteiger partial charge is 0.289 e. The van der Waals surface area contributed by atoms with Crippen LogP contribution < -0.4 is 4.90 Å². The Bertz CT molecular complexity index is 1400. The number of rotatable bonds is 5. The van der Waals surface area contributed by atoms with Crippen LogP contribution in [0.4, 0.5) is 10.1 Å². The summed E-state index contributed by atoms with van der Waals surface area (Å²) in [6, 6.07) is 17.8. The molecule has 3 heterocycles. The molecule has 9 heteroatoms. The Morgan fingerprint density at radius 2 is 1.77 bits per heavy atom. The highest BCUT2D eigenvalue weighted by molar-refractivity contribution is 5.93. The molecule has 0 atom stereocenters. The van der Waals surface area contributed by atoms with Gasteiger partial charge < -0.3 is 18.8 Å². The van der Waals surface area contributed by atoms with Gasteiger partial charge in [-0.3, -0.25) is 14.5 Å². The van der Waals surface area contributed by atoms with E-state index < -0.39 is 0 Å². The van der Waals surface area contributed by atoms with E-state index in [1.165, 1.54) is 12.1 Å². The summed E-state index contributed by atoms with van der Waals surface area (Å²) in [5.41, 5.74) is 2.71. The molecule has 5 rings (SSSR count). The number of benzene rings is 2. The van der Waals surface area contributed by atoms with Crippen LogP contribution >= 0.6 is 0 Å². The quantitative estimate of drug-likeness (QED) is 0.379. The molecule has 0 unspecified atom stereocenters. The van der Waals surface area contributed by atoms with Gasteiger partial charge in [0, 0.05) is 64.3 Å². The maximum Gasteiger partial charge on any atom is 0.289 e. The number of imidazole rings is 1. The Morgan fingerprint density at radius 1 is 0.949 bits per heavy atom. The molecule has 0 saturated heterocycles. The van der Waals surface area contributed by atoms with Gasteiger partial charge in [0.2, 0.25) is 5.91 Å². The maximum atomic E-state index is 13.8. The Labute approximate surface area is 227 Å². The summed E-state index contributed by atoms with van der Waals surface area (Å²) in [4.78, 5) is 36.3. The van der Waals surface area contributed by atoms with E-state index in [9.17, 15) is 14.0 Å². The van der Waals surface area contributed by atoms with Gasteiger partial charge in [-0.1, -0.05) is 30.3 Å². The first-order chi connectivity index (χ1) is 19.0. The normalized spacial score (nSPS) is 15.0. The SMILES string of the molecule is CC(=O)N1CCCN(Cc2ccc(F)cc2)CCN(C(=O)c2ccc(Cn3ccnc3)o2)Cc2ccccc21. The van der Waals surface area contributed by atoms with E-state index in [1.807, 2.05) is 41.1 Å². The van der Waals surface area contributed by atoms with Crippen LogP contribution in [0.15, 0.2) is 83.8 Å². The van der Waals surface area contributed by atoms with E-state index in [-0.39, 0.29) is 23.4 Å². The number of furan rings is 1. The molecule has 39 heavy (non-hydrogen) atoms. The van der Waals surface area contributed by atoms with Crippen LogP contribution in [0, 0.1) is 5.82 Å². The monoisotopic (exact) mass is 529 g/mol. The van der Waals surface area contributed by atoms with Crippen LogP contribution in [-0.4, -0.2) is 57.3 Å². The number of hydrogen-bond acceptors (Lipinski definition) is 5. The van der Waals surface area contributed by atoms with E-state index in [0.717, 1.165) is 29.8 Å². The summed E-state index contributed by atoms with van der Waals surface area (Å²) >= 11 is 0. The van der Waals surface area contributed by atoms with Crippen LogP contribution in [0.25, 0.3) is 0 Å². The minimum atomic E-state index is -0.270. The third-order valence-electron chi connectivity index (χ3n) is 6.94. The van der Waals surface area contributed by atoms with Crippen molar-refractivity contribution < 1.29 is 18.4 Å². The predicted molar refractivity (Wildman–Crippen MR) is 146 cm³/mol. The largest absolute Gasteiger partial charge is 0.454 e. The van der Waals surface area contributed by atoms with E-state index in [1.54, 1.807) is 47.4 Å². The van der Waals surface area contributed by atoms with Crippen molar-refractivity contribution in [2.24, 2.45) is 0 Å². The molecule has 202 valence electrons. The Kier molecular flexibility index (Phi) is 8.17. The second-order valence-corrected chi connectivity index (χ2v) is 9.78. The molecule has 0 N–H and O–H groups in total. The van der Waals surface area contributed by atoms with Crippen molar-refractivity contribution in [1.29, 1.82) is 0 Å². The topological polar surface area (TPSA) is 74.8 Å². The van der Waals surface area contributed by atoms with Crippen molar-refractivity contribution in [2.45, 2.75) is 33.0 Å². The molecule has 2 aromatic heterocycles. The van der Waals surface area contributed by atoms with Gasteiger partial charge in [0.1, 0.15) is 11.6 Å². The molecule has 1 aliphatic rings. The average molecular weight is 530 g/mol. The Balaban J connectivity index is 1.42. The fraction of sp³-hybridized carbons (Fsp3) is 0.300. The van der Waals surface area contributed by atoms with Crippen molar-refractivity contribution >= 4 is 17.5 Å². The molecule has 0 saturated carbocycles. The molecule has 0 aliphatic carbocycles. The number of carbonyl (C=O) groups excluding carboxylic acids is 2. The number of nitrogens with zero attached hydrogens (tertiary/aromatic N) is 5. The summed E-state index contributed by atoms with van der Waals surface area (Å²) in [5.74, 6) is 0.409. The molecule has 1 aliphatic heterocycles. The molecule has 0 bridgehead atoms. The highest BCUT2D eigenvalue weighted by atomic mass is 19.1. The lowest BCUT2D eigenvalue weighted by molar-refractivity contribution is -0.116. The third-order valence-corrected chi connectivity index (χ3v) is 6.94. The molecule has 0 radical (unpaired) electrons. The number of fused-ring (bicyclic) bond motifs is 1. The predicted octanol–water partition coefficient (Wildman–Crippen LogP) is 4.56. The standard InChI is InChI=1S/C30H32FN5O3/c1-23(37)36-15-4-14-33(19-24-7-9-26(31)10-8-24)17-18-35(20-25-5-2-3-6-28(25)36)30(38)29-12-11-27(39-29)21-34-16-13-32-22-34/h2-3,5-13,16,22H,4,14-15,17-21H2,1H3. The Hall–Kier alpha value is -4.24. The van der Waals surface area contributed by atoms with E-state index in [2.05, 4.69) is 9.88 Å². The summed E-state index contributed by atoms with van der Waals surface area (Å²) in [6.45, 7) is 5.37. The summed E-state index contributed by atoms with van der Waals surface area (Å²) in [6.07, 6.45) is 6.00. The van der Waals surface area contributed by atoms with Gasteiger partial charge in [-0.25, -0.2) is 9.37 Å². The van der Waals surface area contributed by atoms with E-state index in [0.29, 0.717) is 45.0 Å². The zero-order chi connectivity index (χ0) is 27.2. The zero-order valence-corrected chi connectivity index (χ0v) is 22.0. The van der Waals surface area contributed by atoms with Crippen molar-refractivity contribution in [3.05, 3.63) is 108 Å². The van der Waals surface area contributed by atoms with Gasteiger partial charge in [0.15, 0.2) is 5.76 Å². The van der Waals surface area contributed by atoms with Gasteiger partial charge in [0.05, 0.1) is 12.9 Å². The fourth-order valence-electron chi connectivity index (χ4n) is 4.94. The average Bonchev–Trinajstić information content (AvgIpc) is 3.62. The summed E-state index contributed by atoms with van der Waals surface area (Å²) < 4.78 is 21.3. The third kappa shape index (κ3) is 6.61. The second kappa shape index (κ2) is 12.1. The minimum absolute atomic E-state index is 0.0418. The number of amides is 2. The number of anilines is 1. The van der Waals surface area contributed by atoms with Crippen LogP contribution in [0.5, 0.6) is 0 Å². The minimum Gasteiger partial charge on any atom is -0.454 e. The van der Waals surface area contributed by atoms with Crippen molar-refractivity contribution in [3.63, 3.8) is 0 Å². The molecule has 2 amide bonds. The molecule has 0 spiro atoms. The molecular weight excluding hydrogens is 497 g/mol. The van der Waals surface area contributed by atoms with Crippen molar-refractivity contribution in [3.8, 4) is 0 Å². The lowest BCUT2D eigenvalue weighted by Gasteiger charge is -2.27. The maximum absolute atomic E-state index is 13.8. The first kappa shape index (κ1) is 26.4. The van der Waals surface area contributed by atoms with E-state index in [4.69, 9.17) is 4.42 Å². The van der Waals surface area contributed by atoms with Crippen LogP contribution in [0.1, 0.15) is 40.8 Å². The fourth-order valence-corrected chi connectivity index (χ4v) is 4.94. The van der Waals surface area contributed by atoms with Crippen LogP contribution in [0.2, 0.25) is 0 Å². The van der Waals surface area contributed by atoms with E-state index >= 15 is 0 Å². The van der Waals surface area contributed by atoms with Crippen molar-refractivity contribution in [2.75, 3.05) is 31.1 Å². The lowest BCUT2D eigenvalue weighted by atomic mass is 10.1. The first-order valence-electron chi connectivity index (χ1n) is 13.1. The number of carbonyl (C=O) groups is 2. The van der Waals surface area contributed by atoms with Gasteiger partial charge >= 0.3 is 0 Å². The second-order valence-electron chi connectivity index (χ2n) is 9.78. The molecule has 2 aromatic carbocycles. The molecule has 4 aromatic rings. The number of hydrogen-bond donors (Lipinski definition) is 0. The highest BCUT2D eigenvalue weighted by Crippen LogP contribution is 2.25. The Morgan fingerprint density at radius 3 is 2.54 bits per heavy atom. The van der Waals surface area contributed by atoms with Gasteiger partial charge in [0.25, 0.3) is 5.91 Å². The highest BCUT2D eigenvalue weighted by Gasteiger charge is 2.25. The summed E-state index contributed by atoms with van der Waals surface area (Å²) in [5, 5.41) is 0. The molecular formula is C30H32FN5O3. The van der Waals surface area contributed by atoms with Crippen molar-refractivity contribution in [1.82, 2.24) is 19.4 Å². The number of aromatic nitrogens is 2. The zero-order valence-electron chi connectivity index (χ0n) is 22.0.